The quantitative estimate of drug-likeness (QED) is 0.704. The maximum Gasteiger partial charge on any atom is 0.253 e. The number of fused-ring (bicyclic) bond motifs is 1. The topological polar surface area (TPSA) is 36.1 Å². The summed E-state index contributed by atoms with van der Waals surface area (Å²) in [7, 11) is 0. The third-order valence-electron chi connectivity index (χ3n) is 4.73. The predicted octanol–water partition coefficient (Wildman–Crippen LogP) is 4.77. The zero-order valence-corrected chi connectivity index (χ0v) is 14.9. The van der Waals surface area contributed by atoms with Gasteiger partial charge in [0, 0.05) is 52.3 Å². The van der Waals surface area contributed by atoms with Gasteiger partial charge in [0.25, 0.3) is 5.91 Å². The van der Waals surface area contributed by atoms with E-state index >= 15 is 0 Å². The Labute approximate surface area is 154 Å². The molecule has 0 bridgehead atoms. The van der Waals surface area contributed by atoms with Gasteiger partial charge in [-0.3, -0.25) is 4.79 Å². The van der Waals surface area contributed by atoms with E-state index in [1.54, 1.807) is 16.7 Å². The molecular weight excluding hydrogens is 354 g/mol. The second-order valence-corrected chi connectivity index (χ2v) is 7.70. The van der Waals surface area contributed by atoms with Crippen molar-refractivity contribution in [3.63, 3.8) is 0 Å². The molecule has 134 valence electrons. The van der Waals surface area contributed by atoms with Crippen LogP contribution in [0.3, 0.4) is 0 Å². The SMILES string of the molecule is O=C(c1ccc2[nH]ccc2c1)N1CCSC(c2cc(F)ccc2F)CC1. The van der Waals surface area contributed by atoms with Crippen LogP contribution in [0.1, 0.15) is 27.6 Å². The Morgan fingerprint density at radius 3 is 2.88 bits per heavy atom. The average Bonchev–Trinajstić information content (AvgIpc) is 2.98. The highest BCUT2D eigenvalue weighted by atomic mass is 32.2. The first-order valence-electron chi connectivity index (χ1n) is 8.55. The number of benzene rings is 2. The fraction of sp³-hybridized carbons (Fsp3) is 0.250. The van der Waals surface area contributed by atoms with Gasteiger partial charge < -0.3 is 9.88 Å². The molecule has 26 heavy (non-hydrogen) atoms. The maximum absolute atomic E-state index is 14.1. The van der Waals surface area contributed by atoms with Crippen LogP contribution < -0.4 is 0 Å². The highest BCUT2D eigenvalue weighted by Crippen LogP contribution is 2.36. The second-order valence-electron chi connectivity index (χ2n) is 6.39. The minimum atomic E-state index is -0.431. The summed E-state index contributed by atoms with van der Waals surface area (Å²) in [4.78, 5) is 17.8. The summed E-state index contributed by atoms with van der Waals surface area (Å²) in [6, 6.07) is 11.1. The van der Waals surface area contributed by atoms with Crippen LogP contribution >= 0.6 is 11.8 Å². The van der Waals surface area contributed by atoms with Crippen molar-refractivity contribution in [2.24, 2.45) is 0 Å². The summed E-state index contributed by atoms with van der Waals surface area (Å²) in [5.41, 5.74) is 2.03. The molecule has 1 unspecified atom stereocenters. The minimum absolute atomic E-state index is 0.0194. The van der Waals surface area contributed by atoms with Gasteiger partial charge in [-0.25, -0.2) is 8.78 Å². The smallest absolute Gasteiger partial charge is 0.253 e. The van der Waals surface area contributed by atoms with Gasteiger partial charge >= 0.3 is 0 Å². The number of carbonyl (C=O) groups is 1. The van der Waals surface area contributed by atoms with Crippen LogP contribution in [0, 0.1) is 11.6 Å². The number of aromatic amines is 1. The van der Waals surface area contributed by atoms with Crippen molar-refractivity contribution in [1.29, 1.82) is 0 Å². The summed E-state index contributed by atoms with van der Waals surface area (Å²) in [5, 5.41) is 0.857. The predicted molar refractivity (Wildman–Crippen MR) is 100 cm³/mol. The molecule has 4 rings (SSSR count). The Morgan fingerprint density at radius 2 is 2.00 bits per heavy atom. The number of halogens is 2. The van der Waals surface area contributed by atoms with Gasteiger partial charge in [-0.2, -0.15) is 11.8 Å². The molecule has 3 nitrogen and oxygen atoms in total. The lowest BCUT2D eigenvalue weighted by atomic mass is 10.1. The van der Waals surface area contributed by atoms with E-state index in [9.17, 15) is 13.6 Å². The van der Waals surface area contributed by atoms with Crippen molar-refractivity contribution in [2.75, 3.05) is 18.8 Å². The zero-order valence-electron chi connectivity index (χ0n) is 14.0. The fourth-order valence-electron chi connectivity index (χ4n) is 3.35. The van der Waals surface area contributed by atoms with E-state index in [0.717, 1.165) is 17.0 Å². The van der Waals surface area contributed by atoms with Gasteiger partial charge in [0.2, 0.25) is 0 Å². The standard InChI is InChI=1S/C20H18F2N2OS/c21-15-2-3-17(22)16(12-15)19-6-8-24(9-10-26-19)20(25)14-1-4-18-13(11-14)5-7-23-18/h1-5,7,11-12,19,23H,6,8-10H2. The van der Waals surface area contributed by atoms with Gasteiger partial charge in [0.05, 0.1) is 0 Å². The maximum atomic E-state index is 14.1. The van der Waals surface area contributed by atoms with Crippen molar-refractivity contribution in [3.05, 3.63) is 71.4 Å². The second kappa shape index (κ2) is 7.11. The third kappa shape index (κ3) is 3.33. The van der Waals surface area contributed by atoms with E-state index in [4.69, 9.17) is 0 Å². The molecule has 1 aliphatic heterocycles. The number of amides is 1. The molecule has 6 heteroatoms. The van der Waals surface area contributed by atoms with Crippen LogP contribution in [-0.4, -0.2) is 34.6 Å². The largest absolute Gasteiger partial charge is 0.361 e. The van der Waals surface area contributed by atoms with E-state index in [-0.39, 0.29) is 17.0 Å². The van der Waals surface area contributed by atoms with Crippen molar-refractivity contribution < 1.29 is 13.6 Å². The van der Waals surface area contributed by atoms with Crippen LogP contribution in [0.15, 0.2) is 48.7 Å². The first-order chi connectivity index (χ1) is 12.6. The van der Waals surface area contributed by atoms with E-state index in [2.05, 4.69) is 4.98 Å². The Balaban J connectivity index is 1.51. The Hall–Kier alpha value is -2.34. The van der Waals surface area contributed by atoms with Gasteiger partial charge in [0.1, 0.15) is 11.6 Å². The average molecular weight is 372 g/mol. The number of nitrogens with zero attached hydrogens (tertiary/aromatic N) is 1. The summed E-state index contributed by atoms with van der Waals surface area (Å²) < 4.78 is 27.5. The van der Waals surface area contributed by atoms with Crippen molar-refractivity contribution in [3.8, 4) is 0 Å². The number of H-pyrrole nitrogens is 1. The van der Waals surface area contributed by atoms with E-state index in [0.29, 0.717) is 36.4 Å². The monoisotopic (exact) mass is 372 g/mol. The zero-order chi connectivity index (χ0) is 18.1. The summed E-state index contributed by atoms with van der Waals surface area (Å²) in [6.45, 7) is 1.12. The third-order valence-corrected chi connectivity index (χ3v) is 6.04. The first-order valence-corrected chi connectivity index (χ1v) is 9.59. The van der Waals surface area contributed by atoms with E-state index in [1.807, 2.05) is 30.5 Å². The number of hydrogen-bond acceptors (Lipinski definition) is 2. The molecule has 1 atom stereocenters. The van der Waals surface area contributed by atoms with Crippen LogP contribution in [-0.2, 0) is 0 Å². The Morgan fingerprint density at radius 1 is 1.12 bits per heavy atom. The molecule has 2 heterocycles. The number of nitrogens with one attached hydrogen (secondary N) is 1. The van der Waals surface area contributed by atoms with Gasteiger partial charge in [-0.05, 0) is 48.9 Å². The number of hydrogen-bond donors (Lipinski definition) is 1. The van der Waals surface area contributed by atoms with E-state index in [1.165, 1.54) is 12.1 Å². The van der Waals surface area contributed by atoms with Gasteiger partial charge in [0.15, 0.2) is 0 Å². The fourth-order valence-corrected chi connectivity index (χ4v) is 4.59. The molecule has 3 aromatic rings. The molecular formula is C20H18F2N2OS. The van der Waals surface area contributed by atoms with E-state index < -0.39 is 5.82 Å². The molecule has 1 saturated heterocycles. The molecule has 2 aromatic carbocycles. The number of rotatable bonds is 2. The Kier molecular flexibility index (Phi) is 4.68. The van der Waals surface area contributed by atoms with Crippen LogP contribution in [0.25, 0.3) is 10.9 Å². The molecule has 1 aromatic heterocycles. The minimum Gasteiger partial charge on any atom is -0.361 e. The van der Waals surface area contributed by atoms with Crippen molar-refractivity contribution >= 4 is 28.6 Å². The number of carbonyl (C=O) groups excluding carboxylic acids is 1. The Bertz CT molecular complexity index is 956. The summed E-state index contributed by atoms with van der Waals surface area (Å²) >= 11 is 1.57. The molecule has 0 saturated carbocycles. The molecule has 1 fully saturated rings. The lowest BCUT2D eigenvalue weighted by molar-refractivity contribution is 0.0766. The molecule has 1 amide bonds. The highest BCUT2D eigenvalue weighted by molar-refractivity contribution is 7.99. The summed E-state index contributed by atoms with van der Waals surface area (Å²) in [5.74, 6) is -0.145. The number of aromatic nitrogens is 1. The van der Waals surface area contributed by atoms with Crippen LogP contribution in [0.5, 0.6) is 0 Å². The normalized spacial score (nSPS) is 18.1. The van der Waals surface area contributed by atoms with Crippen LogP contribution in [0.4, 0.5) is 8.78 Å². The molecule has 0 spiro atoms. The lowest BCUT2D eigenvalue weighted by Gasteiger charge is -2.20. The number of thioether (sulfide) groups is 1. The van der Waals surface area contributed by atoms with Crippen LogP contribution in [0.2, 0.25) is 0 Å². The molecule has 0 radical (unpaired) electrons. The van der Waals surface area contributed by atoms with Gasteiger partial charge in [-0.15, -0.1) is 0 Å². The molecule has 0 aliphatic carbocycles. The van der Waals surface area contributed by atoms with Gasteiger partial charge in [-0.1, -0.05) is 0 Å². The van der Waals surface area contributed by atoms with Crippen molar-refractivity contribution in [1.82, 2.24) is 9.88 Å². The summed E-state index contributed by atoms with van der Waals surface area (Å²) in [6.07, 6.45) is 2.45. The highest BCUT2D eigenvalue weighted by Gasteiger charge is 2.25. The molecule has 1 aliphatic rings. The lowest BCUT2D eigenvalue weighted by Crippen LogP contribution is -2.32. The van der Waals surface area contributed by atoms with Crippen molar-refractivity contribution in [2.45, 2.75) is 11.7 Å². The molecule has 1 N–H and O–H groups in total. The first kappa shape index (κ1) is 17.1.